The first kappa shape index (κ1) is 18.3. The monoisotopic (exact) mass is 328 g/mol. The second kappa shape index (κ2) is 9.34. The number of carbonyl (C=O) groups is 1. The lowest BCUT2D eigenvalue weighted by molar-refractivity contribution is 0.0914. The molecule has 1 aliphatic rings. The average Bonchev–Trinajstić information content (AvgIpc) is 2.48. The summed E-state index contributed by atoms with van der Waals surface area (Å²) in [6.45, 7) is 6.31. The molecule has 0 aromatic heterocycles. The SMILES string of the molecule is CCSCc1ccc(C(=O)NC2CCNCC2C)cc1.Cl. The predicted molar refractivity (Wildman–Crippen MR) is 93.4 cm³/mol. The van der Waals surface area contributed by atoms with Crippen molar-refractivity contribution in [1.82, 2.24) is 10.6 Å². The molecule has 1 heterocycles. The quantitative estimate of drug-likeness (QED) is 0.872. The number of thioether (sulfide) groups is 1. The van der Waals surface area contributed by atoms with Gasteiger partial charge in [-0.3, -0.25) is 4.79 Å². The predicted octanol–water partition coefficient (Wildman–Crippen LogP) is 3.09. The smallest absolute Gasteiger partial charge is 0.251 e. The van der Waals surface area contributed by atoms with Crippen molar-refractivity contribution < 1.29 is 4.79 Å². The Morgan fingerprint density at radius 1 is 1.38 bits per heavy atom. The normalized spacial score (nSPS) is 21.4. The van der Waals surface area contributed by atoms with Gasteiger partial charge in [-0.2, -0.15) is 11.8 Å². The molecule has 0 saturated carbocycles. The van der Waals surface area contributed by atoms with Gasteiger partial charge in [-0.1, -0.05) is 26.0 Å². The molecule has 1 aliphatic heterocycles. The van der Waals surface area contributed by atoms with E-state index in [-0.39, 0.29) is 18.3 Å². The molecular formula is C16H25ClN2OS. The summed E-state index contributed by atoms with van der Waals surface area (Å²) in [5.74, 6) is 2.69. The van der Waals surface area contributed by atoms with Crippen molar-refractivity contribution in [2.24, 2.45) is 5.92 Å². The first-order chi connectivity index (χ1) is 9.70. The molecule has 0 bridgehead atoms. The molecule has 5 heteroatoms. The molecule has 21 heavy (non-hydrogen) atoms. The van der Waals surface area contributed by atoms with Crippen LogP contribution in [0.1, 0.15) is 36.2 Å². The Hall–Kier alpha value is -0.710. The fraction of sp³-hybridized carbons (Fsp3) is 0.562. The fourth-order valence-electron chi connectivity index (χ4n) is 2.45. The number of rotatable bonds is 5. The highest BCUT2D eigenvalue weighted by molar-refractivity contribution is 7.98. The van der Waals surface area contributed by atoms with Crippen molar-refractivity contribution in [3.8, 4) is 0 Å². The van der Waals surface area contributed by atoms with Crippen LogP contribution in [0.15, 0.2) is 24.3 Å². The van der Waals surface area contributed by atoms with Crippen molar-refractivity contribution >= 4 is 30.1 Å². The van der Waals surface area contributed by atoms with Crippen molar-refractivity contribution in [1.29, 1.82) is 0 Å². The van der Waals surface area contributed by atoms with Gasteiger partial charge in [0.05, 0.1) is 0 Å². The van der Waals surface area contributed by atoms with Gasteiger partial charge in [-0.05, 0) is 48.9 Å². The van der Waals surface area contributed by atoms with E-state index in [1.165, 1.54) is 5.56 Å². The van der Waals surface area contributed by atoms with Crippen LogP contribution in [0, 0.1) is 5.92 Å². The highest BCUT2D eigenvalue weighted by atomic mass is 35.5. The molecule has 2 N–H and O–H groups in total. The minimum absolute atomic E-state index is 0. The molecular weight excluding hydrogens is 304 g/mol. The van der Waals surface area contributed by atoms with Crippen molar-refractivity contribution in [2.75, 3.05) is 18.8 Å². The maximum Gasteiger partial charge on any atom is 0.251 e. The zero-order valence-corrected chi connectivity index (χ0v) is 14.4. The Morgan fingerprint density at radius 3 is 2.71 bits per heavy atom. The first-order valence-corrected chi connectivity index (χ1v) is 8.54. The van der Waals surface area contributed by atoms with Gasteiger partial charge in [0.25, 0.3) is 5.91 Å². The van der Waals surface area contributed by atoms with E-state index >= 15 is 0 Å². The van der Waals surface area contributed by atoms with E-state index in [9.17, 15) is 4.79 Å². The Kier molecular flexibility index (Phi) is 8.15. The number of amides is 1. The lowest BCUT2D eigenvalue weighted by Crippen LogP contribution is -2.48. The molecule has 0 spiro atoms. The molecule has 0 aliphatic carbocycles. The van der Waals surface area contributed by atoms with Gasteiger partial charge in [0.2, 0.25) is 0 Å². The topological polar surface area (TPSA) is 41.1 Å². The van der Waals surface area contributed by atoms with E-state index in [0.29, 0.717) is 12.0 Å². The summed E-state index contributed by atoms with van der Waals surface area (Å²) < 4.78 is 0. The number of carbonyl (C=O) groups excluding carboxylic acids is 1. The van der Waals surface area contributed by atoms with E-state index < -0.39 is 0 Å². The third-order valence-electron chi connectivity index (χ3n) is 3.79. The van der Waals surface area contributed by atoms with Gasteiger partial charge in [0.15, 0.2) is 0 Å². The molecule has 2 unspecified atom stereocenters. The average molecular weight is 329 g/mol. The van der Waals surface area contributed by atoms with Crippen molar-refractivity contribution in [3.05, 3.63) is 35.4 Å². The standard InChI is InChI=1S/C16H24N2OS.ClH/c1-3-20-11-13-4-6-14(7-5-13)16(19)18-15-8-9-17-10-12(15)2;/h4-7,12,15,17H,3,8-11H2,1-2H3,(H,18,19);1H. The van der Waals surface area contributed by atoms with E-state index in [1.54, 1.807) is 0 Å². The fourth-order valence-corrected chi connectivity index (χ4v) is 3.08. The summed E-state index contributed by atoms with van der Waals surface area (Å²) in [5, 5.41) is 6.51. The Labute approximate surface area is 138 Å². The van der Waals surface area contributed by atoms with Crippen LogP contribution in [0.2, 0.25) is 0 Å². The van der Waals surface area contributed by atoms with E-state index in [1.807, 2.05) is 23.9 Å². The molecule has 1 aromatic carbocycles. The summed E-state index contributed by atoms with van der Waals surface area (Å²) in [4.78, 5) is 12.2. The molecule has 2 atom stereocenters. The van der Waals surface area contributed by atoms with Crippen LogP contribution in [-0.2, 0) is 5.75 Å². The highest BCUT2D eigenvalue weighted by Crippen LogP contribution is 2.14. The van der Waals surface area contributed by atoms with Crippen LogP contribution in [-0.4, -0.2) is 30.8 Å². The minimum atomic E-state index is 0. The lowest BCUT2D eigenvalue weighted by Gasteiger charge is -2.30. The maximum atomic E-state index is 12.2. The van der Waals surface area contributed by atoms with Crippen molar-refractivity contribution in [3.63, 3.8) is 0 Å². The zero-order valence-electron chi connectivity index (χ0n) is 12.7. The second-order valence-electron chi connectivity index (χ2n) is 5.38. The van der Waals surface area contributed by atoms with Gasteiger partial charge in [-0.15, -0.1) is 12.4 Å². The van der Waals surface area contributed by atoms with Gasteiger partial charge < -0.3 is 10.6 Å². The molecule has 0 radical (unpaired) electrons. The van der Waals surface area contributed by atoms with Crippen LogP contribution in [0.25, 0.3) is 0 Å². The molecule has 1 aromatic rings. The number of halogens is 1. The Bertz CT molecular complexity index is 438. The minimum Gasteiger partial charge on any atom is -0.349 e. The molecule has 2 rings (SSSR count). The molecule has 1 amide bonds. The third-order valence-corrected chi connectivity index (χ3v) is 4.74. The number of benzene rings is 1. The van der Waals surface area contributed by atoms with Gasteiger partial charge in [0.1, 0.15) is 0 Å². The van der Waals surface area contributed by atoms with Crippen LogP contribution >= 0.6 is 24.2 Å². The number of nitrogens with one attached hydrogen (secondary N) is 2. The highest BCUT2D eigenvalue weighted by Gasteiger charge is 2.22. The second-order valence-corrected chi connectivity index (χ2v) is 6.66. The van der Waals surface area contributed by atoms with E-state index in [4.69, 9.17) is 0 Å². The van der Waals surface area contributed by atoms with Gasteiger partial charge in [0, 0.05) is 17.4 Å². The summed E-state index contributed by atoms with van der Waals surface area (Å²) in [7, 11) is 0. The van der Waals surface area contributed by atoms with Gasteiger partial charge in [-0.25, -0.2) is 0 Å². The molecule has 1 saturated heterocycles. The molecule has 1 fully saturated rings. The molecule has 118 valence electrons. The van der Waals surface area contributed by atoms with Crippen LogP contribution < -0.4 is 10.6 Å². The van der Waals surface area contributed by atoms with Crippen LogP contribution in [0.3, 0.4) is 0 Å². The number of hydrogen-bond acceptors (Lipinski definition) is 3. The number of hydrogen-bond donors (Lipinski definition) is 2. The van der Waals surface area contributed by atoms with Crippen molar-refractivity contribution in [2.45, 2.75) is 32.1 Å². The first-order valence-electron chi connectivity index (χ1n) is 7.39. The third kappa shape index (κ3) is 5.53. The summed E-state index contributed by atoms with van der Waals surface area (Å²) in [5.41, 5.74) is 2.05. The molecule has 3 nitrogen and oxygen atoms in total. The zero-order chi connectivity index (χ0) is 14.4. The summed E-state index contributed by atoms with van der Waals surface area (Å²) in [6, 6.07) is 8.28. The Balaban J connectivity index is 0.00000220. The van der Waals surface area contributed by atoms with E-state index in [2.05, 4.69) is 36.6 Å². The summed E-state index contributed by atoms with van der Waals surface area (Å²) >= 11 is 1.90. The maximum absolute atomic E-state index is 12.2. The summed E-state index contributed by atoms with van der Waals surface area (Å²) in [6.07, 6.45) is 1.01. The largest absolute Gasteiger partial charge is 0.349 e. The van der Waals surface area contributed by atoms with Crippen LogP contribution in [0.4, 0.5) is 0 Å². The van der Waals surface area contributed by atoms with Gasteiger partial charge >= 0.3 is 0 Å². The van der Waals surface area contributed by atoms with Crippen LogP contribution in [0.5, 0.6) is 0 Å². The lowest BCUT2D eigenvalue weighted by atomic mass is 9.95. The number of piperidine rings is 1. The van der Waals surface area contributed by atoms with E-state index in [0.717, 1.165) is 36.6 Å². The Morgan fingerprint density at radius 2 is 2.10 bits per heavy atom.